The molecule has 0 aliphatic heterocycles. The lowest BCUT2D eigenvalue weighted by atomic mass is 9.97. The number of allylic oxidation sites excluding steroid dienone is 2. The molecule has 0 unspecified atom stereocenters. The van der Waals surface area contributed by atoms with Gasteiger partial charge in [-0.25, -0.2) is 0 Å². The third kappa shape index (κ3) is 5.21. The molecule has 1 N–H and O–H groups in total. The molecule has 0 radical (unpaired) electrons. The highest BCUT2D eigenvalue weighted by Crippen LogP contribution is 2.26. The minimum Gasteiger partial charge on any atom is -0.322 e. The number of anilines is 1. The molecule has 0 aliphatic carbocycles. The maximum atomic E-state index is 12.5. The monoisotopic (exact) mass is 444 g/mol. The van der Waals surface area contributed by atoms with Gasteiger partial charge in [-0.05, 0) is 53.1 Å². The van der Waals surface area contributed by atoms with Gasteiger partial charge in [0.15, 0.2) is 0 Å². The maximum absolute atomic E-state index is 12.5. The predicted molar refractivity (Wildman–Crippen MR) is 129 cm³/mol. The zero-order chi connectivity index (χ0) is 21.6. The number of carbonyl (C=O) groups is 1. The first-order chi connectivity index (χ1) is 15.1. The molecule has 31 heavy (non-hydrogen) atoms. The number of benzene rings is 3. The third-order valence-electron chi connectivity index (χ3n) is 4.76. The number of rotatable bonds is 5. The number of halogens is 2. The van der Waals surface area contributed by atoms with E-state index in [1.165, 1.54) is 6.08 Å². The molecule has 0 saturated heterocycles. The van der Waals surface area contributed by atoms with Gasteiger partial charge in [0, 0.05) is 45.0 Å². The number of hydrogen-bond donors (Lipinski definition) is 1. The van der Waals surface area contributed by atoms with Crippen molar-refractivity contribution < 1.29 is 4.79 Å². The van der Waals surface area contributed by atoms with Gasteiger partial charge >= 0.3 is 0 Å². The number of amides is 1. The highest BCUT2D eigenvalue weighted by atomic mass is 35.5. The van der Waals surface area contributed by atoms with Crippen molar-refractivity contribution in [3.63, 3.8) is 0 Å². The Hall–Kier alpha value is -3.40. The van der Waals surface area contributed by atoms with E-state index in [4.69, 9.17) is 23.2 Å². The summed E-state index contributed by atoms with van der Waals surface area (Å²) in [5, 5.41) is 6.18. The van der Waals surface area contributed by atoms with Crippen LogP contribution in [0, 0.1) is 0 Å². The molecule has 152 valence electrons. The Morgan fingerprint density at radius 2 is 1.48 bits per heavy atom. The highest BCUT2D eigenvalue weighted by molar-refractivity contribution is 6.31. The van der Waals surface area contributed by atoms with Gasteiger partial charge in [-0.15, -0.1) is 0 Å². The van der Waals surface area contributed by atoms with Crippen molar-refractivity contribution in [1.82, 2.24) is 4.98 Å². The van der Waals surface area contributed by atoms with Crippen molar-refractivity contribution in [2.75, 3.05) is 5.32 Å². The molecular weight excluding hydrogens is 427 g/mol. The van der Waals surface area contributed by atoms with Crippen LogP contribution < -0.4 is 5.32 Å². The predicted octanol–water partition coefficient (Wildman–Crippen LogP) is 7.17. The molecule has 5 heteroatoms. The van der Waals surface area contributed by atoms with E-state index in [1.54, 1.807) is 18.5 Å². The van der Waals surface area contributed by atoms with Gasteiger partial charge in [-0.2, -0.15) is 0 Å². The molecular formula is C26H18Cl2N2O. The molecule has 0 bridgehead atoms. The largest absolute Gasteiger partial charge is 0.322 e. The molecule has 4 aromatic rings. The maximum Gasteiger partial charge on any atom is 0.248 e. The Balaban J connectivity index is 1.59. The minimum absolute atomic E-state index is 0.216. The van der Waals surface area contributed by atoms with Gasteiger partial charge in [0.2, 0.25) is 5.91 Å². The van der Waals surface area contributed by atoms with Crippen molar-refractivity contribution in [1.29, 1.82) is 0 Å². The van der Waals surface area contributed by atoms with Crippen LogP contribution in [-0.2, 0) is 4.79 Å². The lowest BCUT2D eigenvalue weighted by molar-refractivity contribution is -0.111. The molecule has 1 aromatic heterocycles. The lowest BCUT2D eigenvalue weighted by Gasteiger charge is -2.08. The summed E-state index contributed by atoms with van der Waals surface area (Å²) in [4.78, 5) is 16.6. The van der Waals surface area contributed by atoms with Crippen molar-refractivity contribution in [2.45, 2.75) is 0 Å². The van der Waals surface area contributed by atoms with Crippen LogP contribution in [0.25, 0.3) is 16.3 Å². The summed E-state index contributed by atoms with van der Waals surface area (Å²) in [7, 11) is 0. The van der Waals surface area contributed by atoms with Gasteiger partial charge in [0.25, 0.3) is 0 Å². The molecule has 4 rings (SSSR count). The standard InChI is InChI=1S/C26H18Cl2N2O/c27-21-11-7-18(8-12-21)23(19-9-13-22(28)14-10-19)4-2-6-26(31)30-25-5-1-3-20-17-29-16-15-24(20)25/h1-17H,(H,30,31)/b6-2+. The van der Waals surface area contributed by atoms with Gasteiger partial charge in [-0.1, -0.05) is 71.8 Å². The van der Waals surface area contributed by atoms with Crippen molar-refractivity contribution in [3.8, 4) is 0 Å². The molecule has 3 aromatic carbocycles. The summed E-state index contributed by atoms with van der Waals surface area (Å²) in [6, 6.07) is 22.7. The van der Waals surface area contributed by atoms with E-state index in [0.29, 0.717) is 10.0 Å². The molecule has 0 spiro atoms. The topological polar surface area (TPSA) is 42.0 Å². The molecule has 1 heterocycles. The fraction of sp³-hybridized carbons (Fsp3) is 0. The molecule has 0 atom stereocenters. The van der Waals surface area contributed by atoms with Crippen LogP contribution >= 0.6 is 23.2 Å². The Kier molecular flexibility index (Phi) is 6.46. The van der Waals surface area contributed by atoms with E-state index in [-0.39, 0.29) is 5.91 Å². The fourth-order valence-electron chi connectivity index (χ4n) is 3.26. The molecule has 0 aliphatic rings. The first-order valence-corrected chi connectivity index (χ1v) is 10.4. The second-order valence-electron chi connectivity index (χ2n) is 6.84. The molecule has 0 fully saturated rings. The summed E-state index contributed by atoms with van der Waals surface area (Å²) < 4.78 is 0. The van der Waals surface area contributed by atoms with Crippen molar-refractivity contribution in [3.05, 3.63) is 125 Å². The van der Waals surface area contributed by atoms with Crippen LogP contribution in [0.4, 0.5) is 5.69 Å². The second-order valence-corrected chi connectivity index (χ2v) is 7.72. The Bertz CT molecular complexity index is 1220. The van der Waals surface area contributed by atoms with Crippen LogP contribution in [0.1, 0.15) is 11.1 Å². The average molecular weight is 445 g/mol. The fourth-order valence-corrected chi connectivity index (χ4v) is 3.51. The van der Waals surface area contributed by atoms with Gasteiger partial charge in [0.1, 0.15) is 0 Å². The number of hydrogen-bond acceptors (Lipinski definition) is 2. The normalized spacial score (nSPS) is 10.9. The third-order valence-corrected chi connectivity index (χ3v) is 5.26. The number of nitrogens with one attached hydrogen (secondary N) is 1. The summed E-state index contributed by atoms with van der Waals surface area (Å²) >= 11 is 12.1. The summed E-state index contributed by atoms with van der Waals surface area (Å²) in [6.45, 7) is 0. The molecule has 1 amide bonds. The average Bonchev–Trinajstić information content (AvgIpc) is 2.79. The van der Waals surface area contributed by atoms with E-state index in [9.17, 15) is 4.79 Å². The second kappa shape index (κ2) is 9.61. The number of fused-ring (bicyclic) bond motifs is 1. The van der Waals surface area contributed by atoms with E-state index in [2.05, 4.69) is 10.3 Å². The van der Waals surface area contributed by atoms with Gasteiger partial charge < -0.3 is 5.32 Å². The number of pyridine rings is 1. The Morgan fingerprint density at radius 3 is 2.13 bits per heavy atom. The highest BCUT2D eigenvalue weighted by Gasteiger charge is 2.06. The summed E-state index contributed by atoms with van der Waals surface area (Å²) in [5.74, 6) is -0.216. The number of carbonyl (C=O) groups excluding carboxylic acids is 1. The first-order valence-electron chi connectivity index (χ1n) is 9.64. The lowest BCUT2D eigenvalue weighted by Crippen LogP contribution is -2.08. The molecule has 3 nitrogen and oxygen atoms in total. The van der Waals surface area contributed by atoms with Crippen LogP contribution in [0.5, 0.6) is 0 Å². The van der Waals surface area contributed by atoms with E-state index < -0.39 is 0 Å². The van der Waals surface area contributed by atoms with Crippen LogP contribution in [0.2, 0.25) is 10.0 Å². The SMILES string of the molecule is O=C(/C=C/C=C(c1ccc(Cl)cc1)c1ccc(Cl)cc1)Nc1cccc2cnccc12. The van der Waals surface area contributed by atoms with Crippen LogP contribution in [0.3, 0.4) is 0 Å². The summed E-state index contributed by atoms with van der Waals surface area (Å²) in [5.41, 5.74) is 3.67. The van der Waals surface area contributed by atoms with E-state index >= 15 is 0 Å². The first kappa shape index (κ1) is 20.9. The smallest absolute Gasteiger partial charge is 0.248 e. The Labute approximate surface area is 190 Å². The zero-order valence-electron chi connectivity index (χ0n) is 16.4. The van der Waals surface area contributed by atoms with Crippen LogP contribution in [0.15, 0.2) is 103 Å². The quantitative estimate of drug-likeness (QED) is 0.261. The van der Waals surface area contributed by atoms with Crippen molar-refractivity contribution >= 4 is 51.1 Å². The van der Waals surface area contributed by atoms with Gasteiger partial charge in [-0.3, -0.25) is 9.78 Å². The van der Waals surface area contributed by atoms with Crippen molar-refractivity contribution in [2.24, 2.45) is 0 Å². The van der Waals surface area contributed by atoms with Gasteiger partial charge in [0.05, 0.1) is 0 Å². The van der Waals surface area contributed by atoms with E-state index in [1.807, 2.05) is 78.9 Å². The molecule has 0 saturated carbocycles. The number of nitrogens with zero attached hydrogens (tertiary/aromatic N) is 1. The number of aromatic nitrogens is 1. The van der Waals surface area contributed by atoms with E-state index in [0.717, 1.165) is 33.2 Å². The Morgan fingerprint density at radius 1 is 0.839 bits per heavy atom. The zero-order valence-corrected chi connectivity index (χ0v) is 17.9. The minimum atomic E-state index is -0.216. The van der Waals surface area contributed by atoms with Crippen LogP contribution in [-0.4, -0.2) is 10.9 Å². The summed E-state index contributed by atoms with van der Waals surface area (Å²) in [6.07, 6.45) is 8.63.